The molecule has 5 rings (SSSR count). The zero-order chi connectivity index (χ0) is 28.9. The Kier molecular flexibility index (Phi) is 8.05. The number of nitrogens with one attached hydrogen (secondary N) is 1. The first-order valence-electron chi connectivity index (χ1n) is 13.1. The largest absolute Gasteiger partial charge is 0.457 e. The number of hydrogen-bond donors (Lipinski definition) is 1. The van der Waals surface area contributed by atoms with Crippen LogP contribution in [0.5, 0.6) is 11.5 Å². The monoisotopic (exact) mass is 664 g/mol. The molecule has 3 aromatic rings. The predicted molar refractivity (Wildman–Crippen MR) is 162 cm³/mol. The van der Waals surface area contributed by atoms with E-state index < -0.39 is 10.0 Å². The molecule has 1 heterocycles. The summed E-state index contributed by atoms with van der Waals surface area (Å²) in [7, 11) is -3.75. The average Bonchev–Trinajstić information content (AvgIpc) is 3.14. The fourth-order valence-corrected chi connectivity index (χ4v) is 8.79. The van der Waals surface area contributed by atoms with Crippen molar-refractivity contribution in [2.75, 3.05) is 6.54 Å². The van der Waals surface area contributed by atoms with Crippen LogP contribution in [0.2, 0.25) is 10.0 Å². The third-order valence-corrected chi connectivity index (χ3v) is 10.8. The Morgan fingerprint density at radius 1 is 1.05 bits per heavy atom. The van der Waals surface area contributed by atoms with Gasteiger partial charge in [-0.3, -0.25) is 4.79 Å². The molecule has 0 radical (unpaired) electrons. The van der Waals surface area contributed by atoms with Crippen LogP contribution in [0.1, 0.15) is 56.0 Å². The second-order valence-electron chi connectivity index (χ2n) is 11.9. The molecule has 1 amide bonds. The van der Waals surface area contributed by atoms with E-state index in [1.807, 2.05) is 12.1 Å². The van der Waals surface area contributed by atoms with Crippen molar-refractivity contribution in [3.63, 3.8) is 0 Å². The summed E-state index contributed by atoms with van der Waals surface area (Å²) < 4.78 is 36.0. The Bertz CT molecular complexity index is 1580. The van der Waals surface area contributed by atoms with E-state index in [1.54, 1.807) is 46.8 Å². The highest BCUT2D eigenvalue weighted by Gasteiger charge is 2.53. The molecule has 2 aliphatic rings. The van der Waals surface area contributed by atoms with E-state index >= 15 is 0 Å². The molecule has 1 saturated carbocycles. The highest BCUT2D eigenvalue weighted by atomic mass is 79.9. The van der Waals surface area contributed by atoms with Gasteiger partial charge in [0.15, 0.2) is 0 Å². The first kappa shape index (κ1) is 29.4. The van der Waals surface area contributed by atoms with Gasteiger partial charge in [-0.2, -0.15) is 4.31 Å². The lowest BCUT2D eigenvalue weighted by Crippen LogP contribution is -2.37. The van der Waals surface area contributed by atoms with Crippen molar-refractivity contribution in [1.82, 2.24) is 9.62 Å². The molecule has 2 fully saturated rings. The maximum Gasteiger partial charge on any atom is 0.251 e. The van der Waals surface area contributed by atoms with E-state index in [0.29, 0.717) is 28.1 Å². The van der Waals surface area contributed by atoms with Gasteiger partial charge in [-0.15, -0.1) is 0 Å². The summed E-state index contributed by atoms with van der Waals surface area (Å²) in [5.74, 6) is 0.649. The second kappa shape index (κ2) is 11.0. The highest BCUT2D eigenvalue weighted by molar-refractivity contribution is 9.10. The van der Waals surface area contributed by atoms with Gasteiger partial charge in [0.1, 0.15) is 11.5 Å². The van der Waals surface area contributed by atoms with Crippen LogP contribution in [-0.4, -0.2) is 31.2 Å². The zero-order valence-corrected chi connectivity index (χ0v) is 26.4. The number of ether oxygens (including phenoxy) is 1. The smallest absolute Gasteiger partial charge is 0.251 e. The molecule has 1 N–H and O–H groups in total. The van der Waals surface area contributed by atoms with Gasteiger partial charge in [0, 0.05) is 40.8 Å². The molecule has 40 heavy (non-hydrogen) atoms. The summed E-state index contributed by atoms with van der Waals surface area (Å²) in [6.45, 7) is 7.28. The molecule has 2 unspecified atom stereocenters. The second-order valence-corrected chi connectivity index (χ2v) is 15.5. The van der Waals surface area contributed by atoms with E-state index in [4.69, 9.17) is 27.9 Å². The van der Waals surface area contributed by atoms with Gasteiger partial charge < -0.3 is 10.1 Å². The fraction of sp³-hybridized carbons (Fsp3) is 0.367. The predicted octanol–water partition coefficient (Wildman–Crippen LogP) is 8.07. The Morgan fingerprint density at radius 3 is 2.58 bits per heavy atom. The summed E-state index contributed by atoms with van der Waals surface area (Å²) >= 11 is 15.6. The molecule has 0 aromatic heterocycles. The molecule has 3 aromatic carbocycles. The van der Waals surface area contributed by atoms with Crippen LogP contribution in [0.3, 0.4) is 0 Å². The van der Waals surface area contributed by atoms with E-state index in [-0.39, 0.29) is 39.8 Å². The number of carbonyl (C=O) groups excluding carboxylic acids is 1. The van der Waals surface area contributed by atoms with Crippen LogP contribution in [0.25, 0.3) is 0 Å². The first-order valence-corrected chi connectivity index (χ1v) is 16.1. The lowest BCUT2D eigenvalue weighted by molar-refractivity contribution is 0.0950. The van der Waals surface area contributed by atoms with Crippen LogP contribution < -0.4 is 10.1 Å². The molecule has 1 saturated heterocycles. The number of amides is 1. The Balaban J connectivity index is 1.32. The number of carbonyl (C=O) groups is 1. The Morgan fingerprint density at radius 2 is 1.82 bits per heavy atom. The van der Waals surface area contributed by atoms with Gasteiger partial charge in [-0.25, -0.2) is 8.42 Å². The topological polar surface area (TPSA) is 75.7 Å². The van der Waals surface area contributed by atoms with E-state index in [2.05, 4.69) is 42.0 Å². The summed E-state index contributed by atoms with van der Waals surface area (Å²) in [6.07, 6.45) is 2.70. The zero-order valence-electron chi connectivity index (χ0n) is 22.5. The lowest BCUT2D eigenvalue weighted by atomic mass is 9.65. The molecule has 1 aliphatic heterocycles. The molecular weight excluding hydrogens is 635 g/mol. The number of benzene rings is 3. The quantitative estimate of drug-likeness (QED) is 0.277. The third kappa shape index (κ3) is 6.21. The molecule has 10 heteroatoms. The number of fused-ring (bicyclic) bond motifs is 2. The van der Waals surface area contributed by atoms with Crippen LogP contribution in [0, 0.1) is 10.8 Å². The number of sulfonamides is 1. The molecule has 2 bridgehead atoms. The maximum atomic E-state index is 13.7. The van der Waals surface area contributed by atoms with Crippen LogP contribution in [0.15, 0.2) is 70.0 Å². The summed E-state index contributed by atoms with van der Waals surface area (Å²) in [4.78, 5) is 13.3. The summed E-state index contributed by atoms with van der Waals surface area (Å²) in [5.41, 5.74) is 1.07. The summed E-state index contributed by atoms with van der Waals surface area (Å²) in [5, 5.41) is 3.69. The third-order valence-electron chi connectivity index (χ3n) is 7.66. The molecule has 0 spiro atoms. The number of rotatable bonds is 7. The van der Waals surface area contributed by atoms with Gasteiger partial charge in [0.2, 0.25) is 10.0 Å². The Labute approximate surface area is 254 Å². The standard InChI is InChI=1S/C30H31BrCl2N2O4S/c1-29(2)14-22-15-30(3,17-29)18-35(22)40(37,38)24-6-4-5-19(11-24)28(36)34-16-20-7-8-21(31)12-27(20)39-23-9-10-25(32)26(33)13-23/h4-13,22H,14-18H2,1-3H3,(H,34,36). The normalized spacial score (nSPS) is 22.2. The minimum absolute atomic E-state index is 0.0254. The molecule has 2 atom stereocenters. The minimum Gasteiger partial charge on any atom is -0.457 e. The van der Waals surface area contributed by atoms with Crippen molar-refractivity contribution in [2.45, 2.75) is 57.5 Å². The highest BCUT2D eigenvalue weighted by Crippen LogP contribution is 2.53. The van der Waals surface area contributed by atoms with Crippen molar-refractivity contribution < 1.29 is 17.9 Å². The van der Waals surface area contributed by atoms with Crippen LogP contribution >= 0.6 is 39.1 Å². The van der Waals surface area contributed by atoms with Crippen molar-refractivity contribution >= 4 is 55.1 Å². The molecule has 6 nitrogen and oxygen atoms in total. The average molecular weight is 666 g/mol. The summed E-state index contributed by atoms with van der Waals surface area (Å²) in [6, 6.07) is 16.7. The van der Waals surface area contributed by atoms with Gasteiger partial charge >= 0.3 is 0 Å². The SMILES string of the molecule is CC1(C)CC2CC(C)(CN2S(=O)(=O)c2cccc(C(=O)NCc3ccc(Br)cc3Oc3ccc(Cl)c(Cl)c3)c2)C1. The number of halogens is 3. The van der Waals surface area contributed by atoms with Crippen molar-refractivity contribution in [1.29, 1.82) is 0 Å². The minimum atomic E-state index is -3.75. The van der Waals surface area contributed by atoms with Gasteiger partial charge in [-0.05, 0) is 72.6 Å². The van der Waals surface area contributed by atoms with Crippen molar-refractivity contribution in [3.05, 3.63) is 86.3 Å². The van der Waals surface area contributed by atoms with Crippen molar-refractivity contribution in [3.8, 4) is 11.5 Å². The number of hydrogen-bond acceptors (Lipinski definition) is 4. The molecule has 212 valence electrons. The van der Waals surface area contributed by atoms with E-state index in [1.165, 1.54) is 6.07 Å². The first-order chi connectivity index (χ1) is 18.7. The number of nitrogens with zero attached hydrogens (tertiary/aromatic N) is 1. The maximum absolute atomic E-state index is 13.7. The van der Waals surface area contributed by atoms with Gasteiger partial charge in [-0.1, -0.05) is 72.0 Å². The van der Waals surface area contributed by atoms with Crippen LogP contribution in [0.4, 0.5) is 0 Å². The van der Waals surface area contributed by atoms with Crippen LogP contribution in [-0.2, 0) is 16.6 Å². The Hall–Kier alpha value is -2.10. The molecular formula is C30H31BrCl2N2O4S. The van der Waals surface area contributed by atoms with E-state index in [9.17, 15) is 13.2 Å². The fourth-order valence-electron chi connectivity index (χ4n) is 6.34. The van der Waals surface area contributed by atoms with Gasteiger partial charge in [0.05, 0.1) is 14.9 Å². The van der Waals surface area contributed by atoms with Crippen molar-refractivity contribution in [2.24, 2.45) is 10.8 Å². The van der Waals surface area contributed by atoms with Gasteiger partial charge in [0.25, 0.3) is 5.91 Å². The lowest BCUT2D eigenvalue weighted by Gasteiger charge is -2.39. The van der Waals surface area contributed by atoms with E-state index in [0.717, 1.165) is 29.3 Å². The molecule has 1 aliphatic carbocycles.